The molecule has 0 saturated carbocycles. The molecule has 88 valence electrons. The van der Waals surface area contributed by atoms with Crippen LogP contribution in [0.4, 0.5) is 5.69 Å². The summed E-state index contributed by atoms with van der Waals surface area (Å²) in [6.45, 7) is 0. The van der Waals surface area contributed by atoms with Crippen LogP contribution >= 0.6 is 11.6 Å². The number of anilines is 1. The summed E-state index contributed by atoms with van der Waals surface area (Å²) in [4.78, 5) is 0. The highest BCUT2D eigenvalue weighted by Gasteiger charge is 2.04. The van der Waals surface area contributed by atoms with Crippen molar-refractivity contribution >= 4 is 17.3 Å². The second-order valence-electron chi connectivity index (χ2n) is 3.84. The molecule has 2 aromatic rings. The van der Waals surface area contributed by atoms with E-state index in [9.17, 15) is 0 Å². The average molecular weight is 248 g/mol. The van der Waals surface area contributed by atoms with Crippen LogP contribution in [0, 0.1) is 0 Å². The molecule has 2 rings (SSSR count). The molecule has 0 spiro atoms. The van der Waals surface area contributed by atoms with E-state index in [1.165, 1.54) is 0 Å². The van der Waals surface area contributed by atoms with Crippen molar-refractivity contribution in [2.75, 3.05) is 12.8 Å². The first-order valence-electron chi connectivity index (χ1n) is 5.36. The number of hydrogen-bond acceptors (Lipinski definition) is 2. The molecule has 0 radical (unpaired) electrons. The summed E-state index contributed by atoms with van der Waals surface area (Å²) in [7, 11) is 1.66. The Kier molecular flexibility index (Phi) is 3.55. The number of ether oxygens (including phenoxy) is 1. The molecular formula is C14H14ClNO. The Hall–Kier alpha value is -1.67. The number of para-hydroxylation sites is 1. The van der Waals surface area contributed by atoms with Gasteiger partial charge in [0.25, 0.3) is 0 Å². The van der Waals surface area contributed by atoms with Gasteiger partial charge in [-0.1, -0.05) is 35.9 Å². The quantitative estimate of drug-likeness (QED) is 0.843. The van der Waals surface area contributed by atoms with Crippen molar-refractivity contribution < 1.29 is 4.74 Å². The average Bonchev–Trinajstić information content (AvgIpc) is 2.35. The fourth-order valence-electron chi connectivity index (χ4n) is 1.74. The minimum Gasteiger partial charge on any atom is -0.497 e. The van der Waals surface area contributed by atoms with Crippen LogP contribution in [0.15, 0.2) is 42.5 Å². The van der Waals surface area contributed by atoms with Gasteiger partial charge in [0, 0.05) is 0 Å². The van der Waals surface area contributed by atoms with Gasteiger partial charge in [0.05, 0.1) is 17.8 Å². The summed E-state index contributed by atoms with van der Waals surface area (Å²) in [5, 5.41) is 0.602. The van der Waals surface area contributed by atoms with Gasteiger partial charge >= 0.3 is 0 Å². The smallest absolute Gasteiger partial charge is 0.119 e. The molecule has 0 unspecified atom stereocenters. The van der Waals surface area contributed by atoms with E-state index in [-0.39, 0.29) is 0 Å². The van der Waals surface area contributed by atoms with Crippen LogP contribution in [0.1, 0.15) is 11.1 Å². The molecule has 0 fully saturated rings. The van der Waals surface area contributed by atoms with E-state index in [1.54, 1.807) is 13.2 Å². The number of methoxy groups -OCH3 is 1. The Morgan fingerprint density at radius 1 is 1.18 bits per heavy atom. The molecule has 0 aliphatic carbocycles. The summed E-state index contributed by atoms with van der Waals surface area (Å²) < 4.78 is 5.19. The molecule has 2 nitrogen and oxygen atoms in total. The monoisotopic (exact) mass is 247 g/mol. The number of halogens is 1. The van der Waals surface area contributed by atoms with E-state index in [2.05, 4.69) is 0 Å². The third kappa shape index (κ3) is 2.71. The van der Waals surface area contributed by atoms with Crippen molar-refractivity contribution in [2.45, 2.75) is 6.42 Å². The van der Waals surface area contributed by atoms with E-state index >= 15 is 0 Å². The highest BCUT2D eigenvalue weighted by atomic mass is 35.5. The lowest BCUT2D eigenvalue weighted by atomic mass is 10.0. The van der Waals surface area contributed by atoms with Crippen molar-refractivity contribution in [3.8, 4) is 5.75 Å². The largest absolute Gasteiger partial charge is 0.497 e. The molecule has 17 heavy (non-hydrogen) atoms. The fourth-order valence-corrected chi connectivity index (χ4v) is 1.93. The fraction of sp³-hybridized carbons (Fsp3) is 0.143. The van der Waals surface area contributed by atoms with Crippen LogP contribution < -0.4 is 10.5 Å². The molecular weight excluding hydrogens is 234 g/mol. The lowest BCUT2D eigenvalue weighted by Gasteiger charge is -2.08. The van der Waals surface area contributed by atoms with Gasteiger partial charge in [0.1, 0.15) is 5.75 Å². The summed E-state index contributed by atoms with van der Waals surface area (Å²) in [6.07, 6.45) is 0.754. The summed E-state index contributed by atoms with van der Waals surface area (Å²) >= 11 is 5.99. The Morgan fingerprint density at radius 3 is 2.71 bits per heavy atom. The van der Waals surface area contributed by atoms with Crippen LogP contribution in [0.3, 0.4) is 0 Å². The number of nitrogens with two attached hydrogens (primary N) is 1. The van der Waals surface area contributed by atoms with Gasteiger partial charge in [-0.25, -0.2) is 0 Å². The molecule has 0 aliphatic heterocycles. The van der Waals surface area contributed by atoms with Gasteiger partial charge < -0.3 is 10.5 Å². The first kappa shape index (κ1) is 11.8. The molecule has 0 bridgehead atoms. The van der Waals surface area contributed by atoms with Crippen LogP contribution in [0.5, 0.6) is 5.75 Å². The normalized spacial score (nSPS) is 10.2. The minimum absolute atomic E-state index is 0.602. The molecule has 2 N–H and O–H groups in total. The molecule has 2 aromatic carbocycles. The predicted molar refractivity (Wildman–Crippen MR) is 71.7 cm³/mol. The molecule has 0 aromatic heterocycles. The summed E-state index contributed by atoms with van der Waals surface area (Å²) in [5.74, 6) is 0.850. The van der Waals surface area contributed by atoms with E-state index in [4.69, 9.17) is 22.1 Å². The number of rotatable bonds is 3. The molecule has 0 heterocycles. The standard InChI is InChI=1S/C14H14ClNO/c1-17-12-6-2-4-10(9-12)8-11-5-3-7-13(15)14(11)16/h2-7,9H,8,16H2,1H3. The summed E-state index contributed by atoms with van der Waals surface area (Å²) in [5.41, 5.74) is 8.77. The maximum atomic E-state index is 5.99. The lowest BCUT2D eigenvalue weighted by Crippen LogP contribution is -1.96. The zero-order valence-corrected chi connectivity index (χ0v) is 10.4. The van der Waals surface area contributed by atoms with E-state index in [0.29, 0.717) is 10.7 Å². The predicted octanol–water partition coefficient (Wildman–Crippen LogP) is 3.52. The van der Waals surface area contributed by atoms with Gasteiger partial charge in [-0.15, -0.1) is 0 Å². The van der Waals surface area contributed by atoms with E-state index in [1.807, 2.05) is 36.4 Å². The van der Waals surface area contributed by atoms with Crippen molar-refractivity contribution in [2.24, 2.45) is 0 Å². The summed E-state index contributed by atoms with van der Waals surface area (Å²) in [6, 6.07) is 13.6. The Morgan fingerprint density at radius 2 is 1.94 bits per heavy atom. The van der Waals surface area contributed by atoms with Crippen LogP contribution in [0.2, 0.25) is 5.02 Å². The second-order valence-corrected chi connectivity index (χ2v) is 4.25. The minimum atomic E-state index is 0.602. The maximum Gasteiger partial charge on any atom is 0.119 e. The van der Waals surface area contributed by atoms with Crippen LogP contribution in [-0.4, -0.2) is 7.11 Å². The van der Waals surface area contributed by atoms with Gasteiger partial charge in [-0.2, -0.15) is 0 Å². The zero-order chi connectivity index (χ0) is 12.3. The molecule has 0 aliphatic rings. The molecule has 0 amide bonds. The van der Waals surface area contributed by atoms with Gasteiger partial charge in [0.15, 0.2) is 0 Å². The lowest BCUT2D eigenvalue weighted by molar-refractivity contribution is 0.414. The van der Waals surface area contributed by atoms with Crippen LogP contribution in [0.25, 0.3) is 0 Å². The van der Waals surface area contributed by atoms with Gasteiger partial charge in [0.2, 0.25) is 0 Å². The number of benzene rings is 2. The third-order valence-electron chi connectivity index (χ3n) is 2.67. The molecule has 0 atom stereocenters. The Bertz CT molecular complexity index is 525. The molecule has 3 heteroatoms. The van der Waals surface area contributed by atoms with Crippen LogP contribution in [-0.2, 0) is 6.42 Å². The second kappa shape index (κ2) is 5.11. The first-order chi connectivity index (χ1) is 8.20. The number of nitrogen functional groups attached to an aromatic ring is 1. The van der Waals surface area contributed by atoms with Crippen molar-refractivity contribution in [1.82, 2.24) is 0 Å². The Balaban J connectivity index is 2.28. The van der Waals surface area contributed by atoms with E-state index in [0.717, 1.165) is 23.3 Å². The van der Waals surface area contributed by atoms with Crippen molar-refractivity contribution in [3.63, 3.8) is 0 Å². The SMILES string of the molecule is COc1cccc(Cc2cccc(Cl)c2N)c1. The van der Waals surface area contributed by atoms with E-state index < -0.39 is 0 Å². The maximum absolute atomic E-state index is 5.99. The molecule has 0 saturated heterocycles. The zero-order valence-electron chi connectivity index (χ0n) is 9.61. The van der Waals surface area contributed by atoms with Gasteiger partial charge in [-0.05, 0) is 35.7 Å². The van der Waals surface area contributed by atoms with Crippen molar-refractivity contribution in [3.05, 3.63) is 58.6 Å². The number of hydrogen-bond donors (Lipinski definition) is 1. The highest BCUT2D eigenvalue weighted by Crippen LogP contribution is 2.25. The van der Waals surface area contributed by atoms with Crippen molar-refractivity contribution in [1.29, 1.82) is 0 Å². The van der Waals surface area contributed by atoms with Gasteiger partial charge in [-0.3, -0.25) is 0 Å². The third-order valence-corrected chi connectivity index (χ3v) is 3.00. The Labute approximate surface area is 106 Å². The highest BCUT2D eigenvalue weighted by molar-refractivity contribution is 6.33. The first-order valence-corrected chi connectivity index (χ1v) is 5.74. The topological polar surface area (TPSA) is 35.2 Å².